The Kier molecular flexibility index (Phi) is 3.84. The zero-order valence-corrected chi connectivity index (χ0v) is 12.3. The number of hydrogen-bond donors (Lipinski definition) is 2. The van der Waals surface area contributed by atoms with Crippen LogP contribution in [0.5, 0.6) is 0 Å². The van der Waals surface area contributed by atoms with Gasteiger partial charge in [0.15, 0.2) is 5.17 Å². The average Bonchev–Trinajstić information content (AvgIpc) is 3.03. The van der Waals surface area contributed by atoms with Gasteiger partial charge in [-0.05, 0) is 18.2 Å². The van der Waals surface area contributed by atoms with E-state index in [2.05, 4.69) is 10.3 Å². The Balaban J connectivity index is 1.62. The van der Waals surface area contributed by atoms with E-state index < -0.39 is 11.2 Å². The highest BCUT2D eigenvalue weighted by Gasteiger charge is 2.40. The second-order valence-electron chi connectivity index (χ2n) is 4.90. The van der Waals surface area contributed by atoms with Crippen molar-refractivity contribution in [2.24, 2.45) is 4.99 Å². The molecule has 114 valence electrons. The first-order chi connectivity index (χ1) is 10.5. The number of rotatable bonds is 4. The maximum atomic E-state index is 12.1. The Morgan fingerprint density at radius 1 is 1.45 bits per heavy atom. The van der Waals surface area contributed by atoms with Crippen molar-refractivity contribution < 1.29 is 19.5 Å². The lowest BCUT2D eigenvalue weighted by Gasteiger charge is -2.10. The third-order valence-corrected chi connectivity index (χ3v) is 4.57. The molecule has 7 nitrogen and oxygen atoms in total. The predicted octanol–water partition coefficient (Wildman–Crippen LogP) is 1.03. The molecule has 3 rings (SSSR count). The highest BCUT2D eigenvalue weighted by atomic mass is 32.2. The van der Waals surface area contributed by atoms with Gasteiger partial charge in [0.2, 0.25) is 11.8 Å². The molecule has 0 aliphatic carbocycles. The molecule has 2 N–H and O–H groups in total. The van der Waals surface area contributed by atoms with Gasteiger partial charge in [-0.2, -0.15) is 0 Å². The fraction of sp³-hybridized carbons (Fsp3) is 0.286. The quantitative estimate of drug-likeness (QED) is 0.863. The number of carbonyl (C=O) groups is 3. The van der Waals surface area contributed by atoms with E-state index in [-0.39, 0.29) is 23.8 Å². The Morgan fingerprint density at radius 2 is 2.27 bits per heavy atom. The van der Waals surface area contributed by atoms with Crippen LogP contribution in [-0.2, 0) is 9.59 Å². The van der Waals surface area contributed by atoms with Gasteiger partial charge >= 0.3 is 5.97 Å². The fourth-order valence-corrected chi connectivity index (χ4v) is 3.51. The van der Waals surface area contributed by atoms with E-state index in [4.69, 9.17) is 5.11 Å². The van der Waals surface area contributed by atoms with Gasteiger partial charge in [-0.25, -0.2) is 4.79 Å². The Hall–Kier alpha value is -2.35. The second kappa shape index (κ2) is 5.80. The number of benzene rings is 1. The summed E-state index contributed by atoms with van der Waals surface area (Å²) in [4.78, 5) is 40.8. The standard InChI is InChI=1S/C14H13N3O4S/c18-11(16-9-3-1-2-8(6-9)13(20)21)7-10-12(19)17-5-4-15-14(17)22-10/h1-3,6,10H,4-5,7H2,(H,16,18)(H,20,21)/t10-/m1/s1. The number of aliphatic imine (C=N–C) groups is 1. The summed E-state index contributed by atoms with van der Waals surface area (Å²) >= 11 is 1.31. The molecule has 0 radical (unpaired) electrons. The predicted molar refractivity (Wildman–Crippen MR) is 82.0 cm³/mol. The number of fused-ring (bicyclic) bond motifs is 1. The van der Waals surface area contributed by atoms with Gasteiger partial charge in [-0.3, -0.25) is 19.5 Å². The normalized spacial score (nSPS) is 19.8. The molecule has 0 aromatic heterocycles. The van der Waals surface area contributed by atoms with Crippen LogP contribution >= 0.6 is 11.8 Å². The lowest BCUT2D eigenvalue weighted by Crippen LogP contribution is -2.32. The number of anilines is 1. The molecule has 0 bridgehead atoms. The second-order valence-corrected chi connectivity index (χ2v) is 6.07. The molecule has 1 aromatic carbocycles. The van der Waals surface area contributed by atoms with Crippen LogP contribution in [0.2, 0.25) is 0 Å². The third-order valence-electron chi connectivity index (χ3n) is 3.35. The summed E-state index contributed by atoms with van der Waals surface area (Å²) in [7, 11) is 0. The highest BCUT2D eigenvalue weighted by molar-refractivity contribution is 8.15. The number of aromatic carboxylic acids is 1. The molecule has 8 heteroatoms. The van der Waals surface area contributed by atoms with Crippen molar-refractivity contribution in [3.63, 3.8) is 0 Å². The minimum absolute atomic E-state index is 0.0380. The van der Waals surface area contributed by atoms with E-state index in [1.54, 1.807) is 17.0 Å². The summed E-state index contributed by atoms with van der Waals surface area (Å²) in [5.41, 5.74) is 0.498. The molecule has 1 fully saturated rings. The number of nitrogens with zero attached hydrogens (tertiary/aromatic N) is 2. The van der Waals surface area contributed by atoms with Crippen molar-refractivity contribution in [1.29, 1.82) is 0 Å². The first-order valence-electron chi connectivity index (χ1n) is 6.70. The number of carboxylic acids is 1. The summed E-state index contributed by atoms with van der Waals surface area (Å²) in [5.74, 6) is -1.47. The van der Waals surface area contributed by atoms with Gasteiger partial charge in [0.1, 0.15) is 5.25 Å². The number of nitrogens with one attached hydrogen (secondary N) is 1. The van der Waals surface area contributed by atoms with Crippen LogP contribution in [0.4, 0.5) is 5.69 Å². The van der Waals surface area contributed by atoms with Crippen molar-refractivity contribution in [3.05, 3.63) is 29.8 Å². The minimum Gasteiger partial charge on any atom is -0.478 e. The smallest absolute Gasteiger partial charge is 0.335 e. The van der Waals surface area contributed by atoms with Crippen LogP contribution in [0.1, 0.15) is 16.8 Å². The highest BCUT2D eigenvalue weighted by Crippen LogP contribution is 2.31. The van der Waals surface area contributed by atoms with Crippen molar-refractivity contribution in [2.45, 2.75) is 11.7 Å². The summed E-state index contributed by atoms with van der Waals surface area (Å²) in [6.45, 7) is 1.20. The van der Waals surface area contributed by atoms with Crippen LogP contribution in [0.15, 0.2) is 29.3 Å². The van der Waals surface area contributed by atoms with Crippen LogP contribution in [0.3, 0.4) is 0 Å². The number of thioether (sulfide) groups is 1. The topological polar surface area (TPSA) is 99.1 Å². The lowest BCUT2D eigenvalue weighted by atomic mass is 10.2. The maximum absolute atomic E-state index is 12.1. The van der Waals surface area contributed by atoms with Crippen molar-refractivity contribution in [2.75, 3.05) is 18.4 Å². The molecule has 22 heavy (non-hydrogen) atoms. The first kappa shape index (κ1) is 14.6. The molecule has 0 saturated carbocycles. The largest absolute Gasteiger partial charge is 0.478 e. The molecular weight excluding hydrogens is 306 g/mol. The van der Waals surface area contributed by atoms with Gasteiger partial charge < -0.3 is 10.4 Å². The van der Waals surface area contributed by atoms with E-state index in [0.717, 1.165) is 0 Å². The fourth-order valence-electron chi connectivity index (χ4n) is 2.32. The van der Waals surface area contributed by atoms with Gasteiger partial charge in [0.05, 0.1) is 12.1 Å². The van der Waals surface area contributed by atoms with Crippen molar-refractivity contribution in [3.8, 4) is 0 Å². The number of amides is 2. The molecule has 1 saturated heterocycles. The Morgan fingerprint density at radius 3 is 3.00 bits per heavy atom. The molecule has 1 atom stereocenters. The molecule has 0 unspecified atom stereocenters. The maximum Gasteiger partial charge on any atom is 0.335 e. The zero-order chi connectivity index (χ0) is 15.7. The summed E-state index contributed by atoms with van der Waals surface area (Å²) in [5, 5.41) is 11.8. The summed E-state index contributed by atoms with van der Waals surface area (Å²) < 4.78 is 0. The minimum atomic E-state index is -1.06. The van der Waals surface area contributed by atoms with E-state index in [1.807, 2.05) is 0 Å². The third kappa shape index (κ3) is 2.82. The Bertz CT molecular complexity index is 688. The monoisotopic (exact) mass is 319 g/mol. The van der Waals surface area contributed by atoms with Gasteiger partial charge in [0, 0.05) is 18.7 Å². The van der Waals surface area contributed by atoms with E-state index >= 15 is 0 Å². The van der Waals surface area contributed by atoms with Crippen molar-refractivity contribution >= 4 is 40.4 Å². The first-order valence-corrected chi connectivity index (χ1v) is 7.58. The number of carboxylic acid groups (broad SMARTS) is 1. The van der Waals surface area contributed by atoms with Gasteiger partial charge in [-0.15, -0.1) is 0 Å². The van der Waals surface area contributed by atoms with Crippen LogP contribution in [-0.4, -0.2) is 51.3 Å². The SMILES string of the molecule is O=C(C[C@H]1SC2=NCCN2C1=O)Nc1cccc(C(=O)O)c1. The van der Waals surface area contributed by atoms with Gasteiger partial charge in [0.25, 0.3) is 0 Å². The van der Waals surface area contributed by atoms with E-state index in [1.165, 1.54) is 23.9 Å². The number of amidine groups is 1. The summed E-state index contributed by atoms with van der Waals surface area (Å²) in [6, 6.07) is 5.99. The van der Waals surface area contributed by atoms with Crippen LogP contribution < -0.4 is 5.32 Å². The van der Waals surface area contributed by atoms with E-state index in [9.17, 15) is 14.4 Å². The molecular formula is C14H13N3O4S. The van der Waals surface area contributed by atoms with Crippen LogP contribution in [0, 0.1) is 0 Å². The summed E-state index contributed by atoms with van der Waals surface area (Å²) in [6.07, 6.45) is 0.0380. The van der Waals surface area contributed by atoms with Crippen molar-refractivity contribution in [1.82, 2.24) is 4.90 Å². The molecule has 2 amide bonds. The Labute approximate surface area is 130 Å². The number of carbonyl (C=O) groups excluding carboxylic acids is 2. The molecule has 1 aromatic rings. The zero-order valence-electron chi connectivity index (χ0n) is 11.5. The lowest BCUT2D eigenvalue weighted by molar-refractivity contribution is -0.127. The number of hydrogen-bond acceptors (Lipinski definition) is 5. The molecule has 2 aliphatic rings. The molecule has 2 aliphatic heterocycles. The van der Waals surface area contributed by atoms with Crippen LogP contribution in [0.25, 0.3) is 0 Å². The molecule has 2 heterocycles. The van der Waals surface area contributed by atoms with E-state index in [0.29, 0.717) is 23.9 Å². The average molecular weight is 319 g/mol. The molecule has 0 spiro atoms. The van der Waals surface area contributed by atoms with Gasteiger partial charge in [-0.1, -0.05) is 17.8 Å².